The van der Waals surface area contributed by atoms with Crippen LogP contribution in [0.15, 0.2) is 0 Å². The van der Waals surface area contributed by atoms with E-state index in [1.165, 1.54) is 21.6 Å². The third-order valence-corrected chi connectivity index (χ3v) is 3.79. The Morgan fingerprint density at radius 1 is 1.20 bits per heavy atom. The molecule has 2 atom stereocenters. The van der Waals surface area contributed by atoms with Crippen LogP contribution in [-0.4, -0.2) is 40.6 Å². The molecule has 0 saturated heterocycles. The van der Waals surface area contributed by atoms with Gasteiger partial charge >= 0.3 is 11.9 Å². The van der Waals surface area contributed by atoms with Crippen molar-refractivity contribution in [1.82, 2.24) is 0 Å². The first-order valence-corrected chi connectivity index (χ1v) is 6.36. The van der Waals surface area contributed by atoms with Crippen molar-refractivity contribution in [3.63, 3.8) is 0 Å². The summed E-state index contributed by atoms with van der Waals surface area (Å²) in [4.78, 5) is 25.0. The monoisotopic (exact) mass is 255 g/mol. The maximum Gasteiger partial charge on any atom is 0.342 e. The van der Waals surface area contributed by atoms with Gasteiger partial charge in [0.2, 0.25) is 0 Å². The Morgan fingerprint density at radius 3 is 2.07 bits per heavy atom. The molecule has 9 heteroatoms. The van der Waals surface area contributed by atoms with E-state index in [4.69, 9.17) is 16.6 Å². The summed E-state index contributed by atoms with van der Waals surface area (Å²) in [6.07, 6.45) is 0. The predicted molar refractivity (Wildman–Crippen MR) is 58.8 cm³/mol. The number of aliphatic carboxylic acids is 1. The second-order valence-corrected chi connectivity index (χ2v) is 5.11. The summed E-state index contributed by atoms with van der Waals surface area (Å²) in [6.45, 7) is 0. The van der Waals surface area contributed by atoms with Crippen LogP contribution in [0.4, 0.5) is 0 Å². The number of hydrogen-bond acceptors (Lipinski definition) is 8. The summed E-state index contributed by atoms with van der Waals surface area (Å²) in [7, 11) is 2.47. The Balaban J connectivity index is 3.54. The Hall–Kier alpha value is -0.480. The third-order valence-electron chi connectivity index (χ3n) is 1.31. The highest BCUT2D eigenvalue weighted by Gasteiger charge is 2.15. The van der Waals surface area contributed by atoms with Crippen LogP contribution in [0.1, 0.15) is 0 Å². The maximum atomic E-state index is 10.7. The number of carbonyl (C=O) groups is 2. The van der Waals surface area contributed by atoms with Crippen LogP contribution < -0.4 is 17.4 Å². The molecular weight excluding hydrogens is 242 g/mol. The number of carbonyl (C=O) groups excluding carboxylic acids is 1. The lowest BCUT2D eigenvalue weighted by Gasteiger charge is -2.08. The molecule has 0 aromatic carbocycles. The SMILES string of the molecule is NOC(=O)C(N)CSSCC(N)C(=O)O. The zero-order valence-electron chi connectivity index (χ0n) is 7.79. The number of hydrogen-bond donors (Lipinski definition) is 4. The van der Waals surface area contributed by atoms with Gasteiger partial charge < -0.3 is 21.4 Å². The van der Waals surface area contributed by atoms with E-state index in [1.807, 2.05) is 0 Å². The highest BCUT2D eigenvalue weighted by atomic mass is 33.1. The summed E-state index contributed by atoms with van der Waals surface area (Å²) in [5.41, 5.74) is 10.6. The first kappa shape index (κ1) is 14.5. The average Bonchev–Trinajstić information content (AvgIpc) is 2.22. The highest BCUT2D eigenvalue weighted by Crippen LogP contribution is 2.22. The van der Waals surface area contributed by atoms with Gasteiger partial charge in [-0.05, 0) is 0 Å². The second kappa shape index (κ2) is 7.77. The van der Waals surface area contributed by atoms with Gasteiger partial charge in [-0.15, -0.1) is 0 Å². The van der Waals surface area contributed by atoms with Crippen molar-refractivity contribution in [2.24, 2.45) is 17.4 Å². The summed E-state index contributed by atoms with van der Waals surface area (Å²) in [5, 5.41) is 8.45. The van der Waals surface area contributed by atoms with Crippen LogP contribution >= 0.6 is 21.6 Å². The summed E-state index contributed by atoms with van der Waals surface area (Å²) >= 11 is 0. The van der Waals surface area contributed by atoms with E-state index in [1.54, 1.807) is 0 Å². The smallest absolute Gasteiger partial charge is 0.342 e. The average molecular weight is 255 g/mol. The quantitative estimate of drug-likeness (QED) is 0.243. The van der Waals surface area contributed by atoms with Gasteiger partial charge in [0.25, 0.3) is 0 Å². The summed E-state index contributed by atoms with van der Waals surface area (Å²) < 4.78 is 0. The van der Waals surface area contributed by atoms with E-state index < -0.39 is 24.0 Å². The summed E-state index contributed by atoms with van der Waals surface area (Å²) in [5.74, 6) is 3.38. The molecule has 15 heavy (non-hydrogen) atoms. The van der Waals surface area contributed by atoms with Crippen molar-refractivity contribution in [3.8, 4) is 0 Å². The molecule has 7 N–H and O–H groups in total. The first-order valence-electron chi connectivity index (χ1n) is 3.88. The van der Waals surface area contributed by atoms with Crippen molar-refractivity contribution in [1.29, 1.82) is 0 Å². The molecular formula is C6H13N3O4S2. The van der Waals surface area contributed by atoms with E-state index in [0.717, 1.165) is 0 Å². The van der Waals surface area contributed by atoms with Crippen molar-refractivity contribution < 1.29 is 19.5 Å². The van der Waals surface area contributed by atoms with Gasteiger partial charge in [-0.3, -0.25) is 4.79 Å². The number of nitrogens with two attached hydrogens (primary N) is 3. The van der Waals surface area contributed by atoms with Crippen LogP contribution in [0, 0.1) is 0 Å². The molecule has 7 nitrogen and oxygen atoms in total. The molecule has 0 aliphatic rings. The highest BCUT2D eigenvalue weighted by molar-refractivity contribution is 8.76. The van der Waals surface area contributed by atoms with Gasteiger partial charge in [-0.25, -0.2) is 4.79 Å². The van der Waals surface area contributed by atoms with Gasteiger partial charge in [0.15, 0.2) is 0 Å². The molecule has 0 amide bonds. The Bertz CT molecular complexity index is 228. The Kier molecular flexibility index (Phi) is 7.52. The fraction of sp³-hybridized carbons (Fsp3) is 0.667. The van der Waals surface area contributed by atoms with E-state index in [9.17, 15) is 9.59 Å². The van der Waals surface area contributed by atoms with Crippen LogP contribution in [0.2, 0.25) is 0 Å². The van der Waals surface area contributed by atoms with Gasteiger partial charge in [-0.1, -0.05) is 21.6 Å². The lowest BCUT2D eigenvalue weighted by molar-refractivity contribution is -0.145. The van der Waals surface area contributed by atoms with E-state index >= 15 is 0 Å². The van der Waals surface area contributed by atoms with Crippen LogP contribution in [-0.2, 0) is 14.4 Å². The van der Waals surface area contributed by atoms with Crippen molar-refractivity contribution >= 4 is 33.5 Å². The largest absolute Gasteiger partial charge is 0.480 e. The van der Waals surface area contributed by atoms with Crippen LogP contribution in [0.3, 0.4) is 0 Å². The number of rotatable bonds is 7. The maximum absolute atomic E-state index is 10.7. The van der Waals surface area contributed by atoms with E-state index in [-0.39, 0.29) is 11.5 Å². The number of carboxylic acids is 1. The molecule has 0 heterocycles. The van der Waals surface area contributed by atoms with Crippen LogP contribution in [0.25, 0.3) is 0 Å². The molecule has 0 rings (SSSR count). The van der Waals surface area contributed by atoms with Crippen LogP contribution in [0.5, 0.6) is 0 Å². The molecule has 88 valence electrons. The molecule has 0 aliphatic heterocycles. The molecule has 0 aromatic rings. The standard InChI is InChI=1S/C6H13N3O4S2/c7-3(5(10)11)1-14-15-2-4(8)6(12)13-9/h3-4H,1-2,7-9H2,(H,10,11). The predicted octanol–water partition coefficient (Wildman–Crippen LogP) is -1.48. The zero-order valence-corrected chi connectivity index (χ0v) is 9.42. The van der Waals surface area contributed by atoms with Gasteiger partial charge in [0.05, 0.1) is 0 Å². The Labute approximate surface area is 94.4 Å². The van der Waals surface area contributed by atoms with Gasteiger partial charge in [0.1, 0.15) is 12.1 Å². The first-order chi connectivity index (χ1) is 6.99. The molecule has 0 aliphatic carbocycles. The fourth-order valence-electron chi connectivity index (χ4n) is 0.470. The van der Waals surface area contributed by atoms with Gasteiger partial charge in [-0.2, -0.15) is 5.90 Å². The molecule has 0 saturated carbocycles. The lowest BCUT2D eigenvalue weighted by atomic mass is 10.4. The van der Waals surface area contributed by atoms with E-state index in [2.05, 4.69) is 10.7 Å². The number of carboxylic acid groups (broad SMARTS) is 1. The fourth-order valence-corrected chi connectivity index (χ4v) is 2.69. The lowest BCUT2D eigenvalue weighted by Crippen LogP contribution is -2.36. The molecule has 0 spiro atoms. The normalized spacial score (nSPS) is 14.3. The minimum Gasteiger partial charge on any atom is -0.480 e. The second-order valence-electron chi connectivity index (χ2n) is 2.56. The Morgan fingerprint density at radius 2 is 1.67 bits per heavy atom. The van der Waals surface area contributed by atoms with Crippen molar-refractivity contribution in [3.05, 3.63) is 0 Å². The van der Waals surface area contributed by atoms with Crippen molar-refractivity contribution in [2.75, 3.05) is 11.5 Å². The van der Waals surface area contributed by atoms with Crippen molar-refractivity contribution in [2.45, 2.75) is 12.1 Å². The molecule has 0 aromatic heterocycles. The minimum atomic E-state index is -1.06. The molecule has 0 bridgehead atoms. The van der Waals surface area contributed by atoms with E-state index in [0.29, 0.717) is 0 Å². The summed E-state index contributed by atoms with van der Waals surface area (Å²) in [6, 6.07) is -1.73. The zero-order chi connectivity index (χ0) is 11.8. The third kappa shape index (κ3) is 6.57. The molecule has 2 unspecified atom stereocenters. The topological polar surface area (TPSA) is 142 Å². The van der Waals surface area contributed by atoms with Gasteiger partial charge in [0, 0.05) is 11.5 Å². The molecule has 0 fully saturated rings. The minimum absolute atomic E-state index is 0.240. The molecule has 0 radical (unpaired) electrons.